The Bertz CT molecular complexity index is 2500. The molecule has 0 atom stereocenters. The molecule has 0 saturated carbocycles. The average Bonchev–Trinajstić information content (AvgIpc) is 3.53. The van der Waals surface area contributed by atoms with Gasteiger partial charge in [-0.1, -0.05) is 158 Å². The number of hydrogen-bond acceptors (Lipinski definition) is 3. The molecule has 0 unspecified atom stereocenters. The van der Waals surface area contributed by atoms with Crippen LogP contribution in [-0.2, 0) is 0 Å². The molecule has 0 aliphatic heterocycles. The van der Waals surface area contributed by atoms with E-state index >= 15 is 0 Å². The first-order valence-electron chi connectivity index (χ1n) is 16.5. The minimum absolute atomic E-state index is 0.574. The second-order valence-electron chi connectivity index (χ2n) is 12.1. The molecule has 0 amide bonds. The molecular weight excluding hydrogens is 597 g/mol. The zero-order valence-electron chi connectivity index (χ0n) is 26.6. The minimum Gasteiger partial charge on any atom is -0.277 e. The van der Waals surface area contributed by atoms with Crippen molar-refractivity contribution in [3.63, 3.8) is 0 Å². The van der Waals surface area contributed by atoms with E-state index in [4.69, 9.17) is 15.0 Å². The van der Waals surface area contributed by atoms with Crippen LogP contribution in [0.25, 0.3) is 83.9 Å². The fourth-order valence-electron chi connectivity index (χ4n) is 6.70. The van der Waals surface area contributed by atoms with Gasteiger partial charge >= 0.3 is 0 Å². The van der Waals surface area contributed by atoms with Crippen molar-refractivity contribution in [1.29, 1.82) is 0 Å². The summed E-state index contributed by atoms with van der Waals surface area (Å²) in [6, 6.07) is 63.4. The van der Waals surface area contributed by atoms with Crippen molar-refractivity contribution < 1.29 is 0 Å². The molecular formula is C45H30N4. The van der Waals surface area contributed by atoms with Crippen molar-refractivity contribution in [1.82, 2.24) is 19.5 Å². The Morgan fingerprint density at radius 1 is 0.327 bits per heavy atom. The van der Waals surface area contributed by atoms with E-state index in [9.17, 15) is 0 Å². The molecule has 7 aromatic carbocycles. The van der Waals surface area contributed by atoms with Gasteiger partial charge in [0.25, 0.3) is 0 Å². The summed E-state index contributed by atoms with van der Waals surface area (Å²) in [6.45, 7) is 0. The first-order chi connectivity index (χ1) is 24.3. The molecule has 2 aromatic heterocycles. The Morgan fingerprint density at radius 3 is 1.31 bits per heavy atom. The Labute approximate surface area is 284 Å². The highest BCUT2D eigenvalue weighted by molar-refractivity contribution is 6.16. The van der Waals surface area contributed by atoms with Gasteiger partial charge in [-0.05, 0) is 52.1 Å². The predicted molar refractivity (Wildman–Crippen MR) is 201 cm³/mol. The summed E-state index contributed by atoms with van der Waals surface area (Å²) in [6.07, 6.45) is 0. The molecule has 0 aliphatic carbocycles. The van der Waals surface area contributed by atoms with Gasteiger partial charge in [0.1, 0.15) is 0 Å². The van der Waals surface area contributed by atoms with Crippen LogP contribution in [0.3, 0.4) is 0 Å². The Hall–Kier alpha value is -6.65. The molecule has 0 spiro atoms. The van der Waals surface area contributed by atoms with Crippen LogP contribution in [-0.4, -0.2) is 19.5 Å². The number of fused-ring (bicyclic) bond motifs is 3. The van der Waals surface area contributed by atoms with Crippen LogP contribution in [0.1, 0.15) is 0 Å². The van der Waals surface area contributed by atoms with Crippen LogP contribution in [0.4, 0.5) is 0 Å². The zero-order chi connectivity index (χ0) is 32.6. The third-order valence-electron chi connectivity index (χ3n) is 9.05. The summed E-state index contributed by atoms with van der Waals surface area (Å²) in [5.74, 6) is 1.83. The molecule has 0 saturated heterocycles. The highest BCUT2D eigenvalue weighted by Crippen LogP contribution is 2.42. The van der Waals surface area contributed by atoms with Gasteiger partial charge in [0, 0.05) is 27.5 Å². The topological polar surface area (TPSA) is 43.6 Å². The standard InChI is InChI=1S/C45H30N4/c1-6-16-31(17-7-1)36-26-27-41-39(28-36)40-30-37(32-18-8-2-9-19-32)29-38(33-20-10-3-11-21-33)42(40)49(41)45-47-43(34-22-12-4-13-23-34)46-44(48-45)35-24-14-5-15-25-35/h1-30H. The lowest BCUT2D eigenvalue weighted by molar-refractivity contribution is 0.954. The highest BCUT2D eigenvalue weighted by Gasteiger charge is 2.22. The van der Waals surface area contributed by atoms with Gasteiger partial charge in [0.15, 0.2) is 11.6 Å². The quantitative estimate of drug-likeness (QED) is 0.184. The molecule has 230 valence electrons. The Balaban J connectivity index is 1.42. The largest absolute Gasteiger partial charge is 0.277 e. The van der Waals surface area contributed by atoms with E-state index < -0.39 is 0 Å². The molecule has 9 aromatic rings. The summed E-state index contributed by atoms with van der Waals surface area (Å²) in [4.78, 5) is 15.4. The third kappa shape index (κ3) is 5.26. The number of aromatic nitrogens is 4. The molecule has 9 rings (SSSR count). The summed E-state index contributed by atoms with van der Waals surface area (Å²) in [5, 5.41) is 2.27. The molecule has 4 nitrogen and oxygen atoms in total. The highest BCUT2D eigenvalue weighted by atomic mass is 15.2. The fraction of sp³-hybridized carbons (Fsp3) is 0. The van der Waals surface area contributed by atoms with E-state index in [1.165, 1.54) is 11.1 Å². The Morgan fingerprint density at radius 2 is 0.776 bits per heavy atom. The van der Waals surface area contributed by atoms with Gasteiger partial charge < -0.3 is 0 Å². The van der Waals surface area contributed by atoms with Crippen molar-refractivity contribution in [3.8, 4) is 62.1 Å². The Kier molecular flexibility index (Phi) is 7.10. The van der Waals surface area contributed by atoms with Crippen LogP contribution in [0, 0.1) is 0 Å². The van der Waals surface area contributed by atoms with Crippen LogP contribution in [0.15, 0.2) is 182 Å². The maximum absolute atomic E-state index is 5.21. The fourth-order valence-corrected chi connectivity index (χ4v) is 6.70. The van der Waals surface area contributed by atoms with Gasteiger partial charge in [-0.25, -0.2) is 4.98 Å². The van der Waals surface area contributed by atoms with Crippen LogP contribution >= 0.6 is 0 Å². The molecule has 0 bridgehead atoms. The molecule has 0 aliphatic rings. The minimum atomic E-state index is 0.574. The summed E-state index contributed by atoms with van der Waals surface area (Å²) < 4.78 is 2.23. The SMILES string of the molecule is c1ccc(-c2ccc3c(c2)c2cc(-c4ccccc4)cc(-c4ccccc4)c2n3-c2nc(-c3ccccc3)nc(-c3ccccc3)n2)cc1. The lowest BCUT2D eigenvalue weighted by Gasteiger charge is -2.14. The van der Waals surface area contributed by atoms with E-state index in [1.807, 2.05) is 60.7 Å². The lowest BCUT2D eigenvalue weighted by atomic mass is 9.95. The molecule has 0 radical (unpaired) electrons. The smallest absolute Gasteiger partial charge is 0.238 e. The molecule has 2 heterocycles. The van der Waals surface area contributed by atoms with Crippen molar-refractivity contribution in [2.24, 2.45) is 0 Å². The number of hydrogen-bond donors (Lipinski definition) is 0. The van der Waals surface area contributed by atoms with E-state index in [2.05, 4.69) is 126 Å². The van der Waals surface area contributed by atoms with Crippen molar-refractivity contribution in [2.45, 2.75) is 0 Å². The normalized spacial score (nSPS) is 11.3. The second kappa shape index (κ2) is 12.2. The van der Waals surface area contributed by atoms with Gasteiger partial charge in [-0.15, -0.1) is 0 Å². The van der Waals surface area contributed by atoms with Gasteiger partial charge in [0.2, 0.25) is 5.95 Å². The second-order valence-corrected chi connectivity index (χ2v) is 12.1. The maximum atomic E-state index is 5.21. The third-order valence-corrected chi connectivity index (χ3v) is 9.05. The van der Waals surface area contributed by atoms with Crippen LogP contribution < -0.4 is 0 Å². The average molecular weight is 627 g/mol. The first-order valence-corrected chi connectivity index (χ1v) is 16.5. The van der Waals surface area contributed by atoms with E-state index in [0.29, 0.717) is 17.6 Å². The monoisotopic (exact) mass is 626 g/mol. The lowest BCUT2D eigenvalue weighted by Crippen LogP contribution is -2.07. The van der Waals surface area contributed by atoms with E-state index in [1.54, 1.807) is 0 Å². The van der Waals surface area contributed by atoms with E-state index in [-0.39, 0.29) is 0 Å². The number of benzene rings is 7. The maximum Gasteiger partial charge on any atom is 0.238 e. The molecule has 4 heteroatoms. The molecule has 49 heavy (non-hydrogen) atoms. The number of rotatable bonds is 6. The molecule has 0 N–H and O–H groups in total. The van der Waals surface area contributed by atoms with Crippen molar-refractivity contribution in [3.05, 3.63) is 182 Å². The van der Waals surface area contributed by atoms with Gasteiger partial charge in [0.05, 0.1) is 11.0 Å². The van der Waals surface area contributed by atoms with Crippen molar-refractivity contribution in [2.75, 3.05) is 0 Å². The molecule has 0 fully saturated rings. The van der Waals surface area contributed by atoms with Gasteiger partial charge in [-0.3, -0.25) is 4.57 Å². The zero-order valence-corrected chi connectivity index (χ0v) is 26.6. The summed E-state index contributed by atoms with van der Waals surface area (Å²) in [7, 11) is 0. The first kappa shape index (κ1) is 28.6. The van der Waals surface area contributed by atoms with Crippen LogP contribution in [0.5, 0.6) is 0 Å². The van der Waals surface area contributed by atoms with Gasteiger partial charge in [-0.2, -0.15) is 9.97 Å². The number of nitrogens with zero attached hydrogens (tertiary/aromatic N) is 4. The van der Waals surface area contributed by atoms with E-state index in [0.717, 1.165) is 55.2 Å². The van der Waals surface area contributed by atoms with Crippen molar-refractivity contribution >= 4 is 21.8 Å². The predicted octanol–water partition coefficient (Wildman–Crippen LogP) is 11.3. The summed E-state index contributed by atoms with van der Waals surface area (Å²) >= 11 is 0. The van der Waals surface area contributed by atoms with Crippen LogP contribution in [0.2, 0.25) is 0 Å². The summed E-state index contributed by atoms with van der Waals surface area (Å²) in [5.41, 5.74) is 10.8.